The Bertz CT molecular complexity index is 1400. The van der Waals surface area contributed by atoms with Gasteiger partial charge in [-0.2, -0.15) is 4.98 Å². The summed E-state index contributed by atoms with van der Waals surface area (Å²) in [5.74, 6) is -0.754. The van der Waals surface area contributed by atoms with Crippen LogP contribution < -0.4 is 16.4 Å². The summed E-state index contributed by atoms with van der Waals surface area (Å²) >= 11 is 13.9. The number of nitrogen functional groups attached to an aromatic ring is 1. The molecule has 3 heterocycles. The molecule has 1 aliphatic heterocycles. The molecule has 0 saturated carbocycles. The van der Waals surface area contributed by atoms with E-state index in [1.165, 1.54) is 17.8 Å². The van der Waals surface area contributed by atoms with Gasteiger partial charge in [0.2, 0.25) is 5.95 Å². The highest BCUT2D eigenvalue weighted by molar-refractivity contribution is 8.13. The van der Waals surface area contributed by atoms with Crippen molar-refractivity contribution in [2.45, 2.75) is 76.5 Å². The van der Waals surface area contributed by atoms with Gasteiger partial charge in [-0.3, -0.25) is 33.0 Å². The van der Waals surface area contributed by atoms with E-state index in [2.05, 4.69) is 20.0 Å². The molecule has 19 heteroatoms. The van der Waals surface area contributed by atoms with E-state index in [1.54, 1.807) is 34.6 Å². The van der Waals surface area contributed by atoms with Gasteiger partial charge in [-0.05, 0) is 20.8 Å². The van der Waals surface area contributed by atoms with E-state index >= 15 is 0 Å². The number of nitrogens with zero attached hydrogens (tertiary/aromatic N) is 3. The van der Waals surface area contributed by atoms with Crippen LogP contribution in [0, 0.1) is 5.41 Å². The highest BCUT2D eigenvalue weighted by Crippen LogP contribution is 2.50. The number of hydrogen-bond acceptors (Lipinski definition) is 13. The van der Waals surface area contributed by atoms with Gasteiger partial charge in [0.25, 0.3) is 5.56 Å². The minimum Gasteiger partial charge on any atom is -0.462 e. The van der Waals surface area contributed by atoms with Crippen LogP contribution in [0.15, 0.2) is 11.1 Å². The van der Waals surface area contributed by atoms with Crippen molar-refractivity contribution in [1.29, 1.82) is 0 Å². The second-order valence-corrected chi connectivity index (χ2v) is 15.1. The largest absolute Gasteiger partial charge is 0.462 e. The van der Waals surface area contributed by atoms with E-state index in [4.69, 9.17) is 47.5 Å². The molecule has 0 bridgehead atoms. The number of aliphatic hydroxyl groups excluding tert-OH is 1. The van der Waals surface area contributed by atoms with E-state index in [9.17, 15) is 24.1 Å². The Morgan fingerprint density at radius 3 is 2.62 bits per heavy atom. The maximum absolute atomic E-state index is 13.7. The lowest BCUT2D eigenvalue weighted by Crippen LogP contribution is -2.39. The van der Waals surface area contributed by atoms with E-state index in [0.29, 0.717) is 0 Å². The van der Waals surface area contributed by atoms with Gasteiger partial charge in [0.05, 0.1) is 25.6 Å². The van der Waals surface area contributed by atoms with Crippen LogP contribution in [0.2, 0.25) is 0 Å². The molecule has 0 radical (unpaired) electrons. The van der Waals surface area contributed by atoms with E-state index in [0.717, 1.165) is 11.8 Å². The van der Waals surface area contributed by atoms with Crippen molar-refractivity contribution in [1.82, 2.24) is 24.6 Å². The molecule has 2 unspecified atom stereocenters. The molecular weight excluding hydrogens is 638 g/mol. The molecule has 0 aliphatic carbocycles. The molecule has 1 aliphatic rings. The fraction of sp³-hybridized carbons (Fsp3) is 0.696. The van der Waals surface area contributed by atoms with Gasteiger partial charge in [-0.15, -0.1) is 0 Å². The van der Waals surface area contributed by atoms with Gasteiger partial charge < -0.3 is 20.3 Å². The number of fused-ring (bicyclic) bond motifs is 1. The maximum atomic E-state index is 13.7. The Morgan fingerprint density at radius 1 is 1.33 bits per heavy atom. The van der Waals surface area contributed by atoms with E-state index in [-0.39, 0.29) is 34.6 Å². The topological polar surface area (TPSA) is 210 Å². The van der Waals surface area contributed by atoms with Crippen LogP contribution in [0.4, 0.5) is 5.95 Å². The molecule has 236 valence electrons. The number of H-pyrrole nitrogens is 1. The van der Waals surface area contributed by atoms with Crippen molar-refractivity contribution in [3.63, 3.8) is 0 Å². The summed E-state index contributed by atoms with van der Waals surface area (Å²) in [5.41, 5.74) is 4.38. The summed E-state index contributed by atoms with van der Waals surface area (Å²) in [5, 5.41) is 13.3. The summed E-state index contributed by atoms with van der Waals surface area (Å²) in [6, 6.07) is -1.11. The zero-order valence-corrected chi connectivity index (χ0v) is 27.1. The van der Waals surface area contributed by atoms with Crippen LogP contribution in [-0.4, -0.2) is 83.4 Å². The first kappa shape index (κ1) is 34.7. The van der Waals surface area contributed by atoms with Gasteiger partial charge in [-0.25, -0.2) is 14.6 Å². The molecule has 2 aromatic heterocycles. The number of nitrogens with two attached hydrogens (primary N) is 1. The van der Waals surface area contributed by atoms with Gasteiger partial charge in [0.1, 0.15) is 18.2 Å². The second kappa shape index (κ2) is 13.5. The smallest absolute Gasteiger partial charge is 0.406 e. The normalized spacial score (nSPS) is 22.8. The molecule has 5 atom stereocenters. The van der Waals surface area contributed by atoms with E-state index in [1.807, 2.05) is 0 Å². The molecule has 2 aromatic rings. The summed E-state index contributed by atoms with van der Waals surface area (Å²) in [7, 11) is -4.27. The standard InChI is InChI=1S/C23H35Cl2N6O9PS/c1-11(2)39-18(34)12(3)30-41(36,37-7-8-42-20(35)22(4,5)6)38-9-13-15(32)23(24,25)19(40-13)31-10-27-14-16(31)28-21(26)29-17(14)33/h10-13,15,19,32H,7-9H2,1-6H3,(H,30,36)(H3,26,28,29,33)/t12?,13-,15-,19-,41?/m1/s1. The Hall–Kier alpha value is -1.75. The number of alkyl halides is 2. The van der Waals surface area contributed by atoms with Gasteiger partial charge in [0.15, 0.2) is 26.8 Å². The molecule has 1 fully saturated rings. The number of imidazole rings is 1. The zero-order chi connectivity index (χ0) is 31.6. The number of ether oxygens (including phenoxy) is 2. The number of esters is 1. The molecule has 5 N–H and O–H groups in total. The van der Waals surface area contributed by atoms with Crippen LogP contribution in [0.3, 0.4) is 0 Å². The van der Waals surface area contributed by atoms with Gasteiger partial charge in [0, 0.05) is 11.2 Å². The molecule has 3 rings (SSSR count). The number of rotatable bonds is 12. The van der Waals surface area contributed by atoms with Crippen LogP contribution in [-0.2, 0) is 32.7 Å². The Kier molecular flexibility index (Phi) is 11.2. The van der Waals surface area contributed by atoms with Crippen molar-refractivity contribution >= 4 is 70.9 Å². The van der Waals surface area contributed by atoms with Crippen molar-refractivity contribution in [3.05, 3.63) is 16.7 Å². The summed E-state index contributed by atoms with van der Waals surface area (Å²) in [4.78, 5) is 47.1. The zero-order valence-electron chi connectivity index (χ0n) is 23.8. The van der Waals surface area contributed by atoms with Crippen LogP contribution in [0.1, 0.15) is 47.8 Å². The number of thioether (sulfide) groups is 1. The number of carbonyl (C=O) groups excluding carboxylic acids is 2. The molecule has 42 heavy (non-hydrogen) atoms. The maximum Gasteiger partial charge on any atom is 0.406 e. The van der Waals surface area contributed by atoms with Gasteiger partial charge >= 0.3 is 13.7 Å². The molecular formula is C23H35Cl2N6O9PS. The molecule has 0 aromatic carbocycles. The first-order valence-electron chi connectivity index (χ1n) is 12.8. The number of aromatic amines is 1. The third kappa shape index (κ3) is 8.24. The summed E-state index contributed by atoms with van der Waals surface area (Å²) in [6.07, 6.45) is -3.42. The van der Waals surface area contributed by atoms with Crippen molar-refractivity contribution < 1.29 is 37.8 Å². The third-order valence-corrected chi connectivity index (χ3v) is 9.52. The fourth-order valence-corrected chi connectivity index (χ4v) is 6.62. The monoisotopic (exact) mass is 672 g/mol. The number of hydrogen-bond donors (Lipinski definition) is 4. The Morgan fingerprint density at radius 2 is 2.00 bits per heavy atom. The summed E-state index contributed by atoms with van der Waals surface area (Å²) in [6.45, 7) is 9.28. The first-order valence-corrected chi connectivity index (χ1v) is 16.1. The van der Waals surface area contributed by atoms with Crippen molar-refractivity contribution in [2.75, 3.05) is 24.7 Å². The number of anilines is 1. The lowest BCUT2D eigenvalue weighted by molar-refractivity contribution is -0.149. The minimum absolute atomic E-state index is 0.00356. The number of aliphatic hydroxyl groups is 1. The van der Waals surface area contributed by atoms with Crippen molar-refractivity contribution in [2.24, 2.45) is 5.41 Å². The highest BCUT2D eigenvalue weighted by atomic mass is 35.5. The Balaban J connectivity index is 1.77. The lowest BCUT2D eigenvalue weighted by Gasteiger charge is -2.25. The molecule has 0 spiro atoms. The molecule has 15 nitrogen and oxygen atoms in total. The van der Waals surface area contributed by atoms with Gasteiger partial charge in [-0.1, -0.05) is 55.7 Å². The average molecular weight is 674 g/mol. The fourth-order valence-electron chi connectivity index (χ4n) is 3.64. The highest BCUT2D eigenvalue weighted by Gasteiger charge is 2.56. The first-order chi connectivity index (χ1) is 19.4. The lowest BCUT2D eigenvalue weighted by atomic mass is 10.00. The number of carbonyl (C=O) groups is 2. The van der Waals surface area contributed by atoms with Crippen molar-refractivity contribution in [3.8, 4) is 0 Å². The number of halogens is 2. The predicted octanol–water partition coefficient (Wildman–Crippen LogP) is 2.51. The second-order valence-electron chi connectivity index (χ2n) is 10.8. The predicted molar refractivity (Wildman–Crippen MR) is 157 cm³/mol. The molecule has 1 saturated heterocycles. The van der Waals surface area contributed by atoms with Crippen LogP contribution in [0.25, 0.3) is 11.2 Å². The SMILES string of the molecule is CC(C)OC(=O)C(C)NP(=O)(OCCSC(=O)C(C)(C)C)OC[C@H]1O[C@@H](n2cnc3c(=O)[nH]c(N)nc32)C(Cl)(Cl)[C@@H]1O. The minimum atomic E-state index is -4.27. The van der Waals surface area contributed by atoms with E-state index < -0.39 is 66.2 Å². The van der Waals surface area contributed by atoms with Crippen LogP contribution in [0.5, 0.6) is 0 Å². The number of nitrogens with one attached hydrogen (secondary N) is 2. The van der Waals surface area contributed by atoms with Crippen LogP contribution >= 0.6 is 42.7 Å². The summed E-state index contributed by atoms with van der Waals surface area (Å²) < 4.78 is 35.0. The molecule has 0 amide bonds. The third-order valence-electron chi connectivity index (χ3n) is 5.74. The Labute approximate surface area is 256 Å². The quantitative estimate of drug-likeness (QED) is 0.110. The number of aromatic nitrogens is 4. The average Bonchev–Trinajstić information content (AvgIpc) is 3.37.